The van der Waals surface area contributed by atoms with E-state index in [4.69, 9.17) is 5.11 Å². The van der Waals surface area contributed by atoms with E-state index in [1.807, 2.05) is 20.8 Å². The third-order valence-corrected chi connectivity index (χ3v) is 2.65. The predicted octanol–water partition coefficient (Wildman–Crippen LogP) is 2.37. The van der Waals surface area contributed by atoms with Gasteiger partial charge in [-0.05, 0) is 12.8 Å². The maximum absolute atomic E-state index is 12.3. The zero-order valence-corrected chi connectivity index (χ0v) is 11.6. The van der Waals surface area contributed by atoms with E-state index >= 15 is 0 Å². The van der Waals surface area contributed by atoms with Gasteiger partial charge in [0.25, 0.3) is 0 Å². The summed E-state index contributed by atoms with van der Waals surface area (Å²) in [7, 11) is 0. The molecule has 0 fully saturated rings. The van der Waals surface area contributed by atoms with E-state index in [-0.39, 0.29) is 5.92 Å². The first-order chi connectivity index (χ1) is 9.27. The van der Waals surface area contributed by atoms with Crippen LogP contribution in [0.1, 0.15) is 32.3 Å². The monoisotopic (exact) mass is 292 g/mol. The van der Waals surface area contributed by atoms with Crippen molar-refractivity contribution in [3.05, 3.63) is 11.9 Å². The molecule has 8 heteroatoms. The van der Waals surface area contributed by atoms with Crippen molar-refractivity contribution in [3.8, 4) is 0 Å². The molecular weight excluding hydrogens is 273 g/mol. The second-order valence-corrected chi connectivity index (χ2v) is 4.61. The zero-order valence-electron chi connectivity index (χ0n) is 11.6. The molecule has 0 saturated heterocycles. The maximum Gasteiger partial charge on any atom is 0.416 e. The van der Waals surface area contributed by atoms with Crippen LogP contribution >= 0.6 is 0 Å². The minimum Gasteiger partial charge on any atom is -0.382 e. The molecule has 0 aliphatic heterocycles. The van der Waals surface area contributed by atoms with Crippen molar-refractivity contribution in [1.29, 1.82) is 0 Å². The highest BCUT2D eigenvalue weighted by Gasteiger charge is 2.38. The summed E-state index contributed by atoms with van der Waals surface area (Å²) >= 11 is 0. The maximum atomic E-state index is 12.3. The number of nitrogens with zero attached hydrogens (tertiary/aromatic N) is 2. The summed E-state index contributed by atoms with van der Waals surface area (Å²) in [5.41, 5.74) is 0.698. The molecule has 0 aliphatic carbocycles. The van der Waals surface area contributed by atoms with Crippen LogP contribution in [0.2, 0.25) is 0 Å². The lowest BCUT2D eigenvalue weighted by molar-refractivity contribution is -0.198. The molecule has 114 valence electrons. The fourth-order valence-corrected chi connectivity index (χ4v) is 1.70. The Labute approximate surface area is 115 Å². The van der Waals surface area contributed by atoms with Gasteiger partial charge in [-0.2, -0.15) is 13.2 Å². The Bertz CT molecular complexity index is 437. The SMILES string of the molecule is CCNc1ncnc(NCC(O)C(F)(F)F)c1C(C)C. The van der Waals surface area contributed by atoms with Crippen LogP contribution in [-0.4, -0.2) is 40.4 Å². The number of anilines is 2. The van der Waals surface area contributed by atoms with E-state index in [0.717, 1.165) is 0 Å². The molecule has 5 nitrogen and oxygen atoms in total. The van der Waals surface area contributed by atoms with Crippen molar-refractivity contribution < 1.29 is 18.3 Å². The minimum absolute atomic E-state index is 0.0239. The Morgan fingerprint density at radius 1 is 1.20 bits per heavy atom. The number of hydrogen-bond donors (Lipinski definition) is 3. The third kappa shape index (κ3) is 4.22. The molecule has 0 radical (unpaired) electrons. The number of halogens is 3. The van der Waals surface area contributed by atoms with Gasteiger partial charge < -0.3 is 15.7 Å². The van der Waals surface area contributed by atoms with Crippen LogP contribution in [0.4, 0.5) is 24.8 Å². The van der Waals surface area contributed by atoms with Gasteiger partial charge >= 0.3 is 6.18 Å². The topological polar surface area (TPSA) is 70.1 Å². The van der Waals surface area contributed by atoms with Gasteiger partial charge in [0.2, 0.25) is 0 Å². The molecule has 1 heterocycles. The highest BCUT2D eigenvalue weighted by atomic mass is 19.4. The Balaban J connectivity index is 2.92. The molecule has 0 aromatic carbocycles. The van der Waals surface area contributed by atoms with Gasteiger partial charge in [0.1, 0.15) is 18.0 Å². The average Bonchev–Trinajstić information content (AvgIpc) is 2.34. The second-order valence-electron chi connectivity index (χ2n) is 4.61. The quantitative estimate of drug-likeness (QED) is 0.751. The number of rotatable bonds is 6. The van der Waals surface area contributed by atoms with E-state index in [0.29, 0.717) is 23.7 Å². The van der Waals surface area contributed by atoms with Crippen LogP contribution in [0.3, 0.4) is 0 Å². The van der Waals surface area contributed by atoms with Crippen LogP contribution in [0.25, 0.3) is 0 Å². The van der Waals surface area contributed by atoms with Crippen molar-refractivity contribution >= 4 is 11.6 Å². The molecule has 0 spiro atoms. The molecule has 1 rings (SSSR count). The Morgan fingerprint density at radius 3 is 2.20 bits per heavy atom. The Hall–Kier alpha value is -1.57. The lowest BCUT2D eigenvalue weighted by Crippen LogP contribution is -2.35. The average molecular weight is 292 g/mol. The van der Waals surface area contributed by atoms with Gasteiger partial charge in [-0.25, -0.2) is 9.97 Å². The number of hydrogen-bond acceptors (Lipinski definition) is 5. The molecular formula is C12H19F3N4O. The fourth-order valence-electron chi connectivity index (χ4n) is 1.70. The van der Waals surface area contributed by atoms with Gasteiger partial charge in [-0.15, -0.1) is 0 Å². The van der Waals surface area contributed by atoms with Crippen LogP contribution in [0, 0.1) is 0 Å². The fraction of sp³-hybridized carbons (Fsp3) is 0.667. The van der Waals surface area contributed by atoms with Gasteiger partial charge in [0.15, 0.2) is 6.10 Å². The Morgan fingerprint density at radius 2 is 1.75 bits per heavy atom. The lowest BCUT2D eigenvalue weighted by atomic mass is 10.0. The second kappa shape index (κ2) is 6.74. The highest BCUT2D eigenvalue weighted by Crippen LogP contribution is 2.28. The van der Waals surface area contributed by atoms with E-state index in [1.165, 1.54) is 6.33 Å². The molecule has 0 amide bonds. The summed E-state index contributed by atoms with van der Waals surface area (Å²) in [6.45, 7) is 5.68. The number of alkyl halides is 3. The first-order valence-electron chi connectivity index (χ1n) is 6.34. The van der Waals surface area contributed by atoms with Gasteiger partial charge in [0.05, 0.1) is 6.54 Å². The van der Waals surface area contributed by atoms with Crippen LogP contribution in [-0.2, 0) is 0 Å². The summed E-state index contributed by atoms with van der Waals surface area (Å²) in [6.07, 6.45) is -5.81. The summed E-state index contributed by atoms with van der Waals surface area (Å²) in [4.78, 5) is 8.04. The third-order valence-electron chi connectivity index (χ3n) is 2.65. The van der Waals surface area contributed by atoms with Crippen molar-refractivity contribution in [2.45, 2.75) is 39.0 Å². The number of nitrogens with one attached hydrogen (secondary N) is 2. The summed E-state index contributed by atoms with van der Waals surface area (Å²) in [6, 6.07) is 0. The van der Waals surface area contributed by atoms with Gasteiger partial charge in [-0.3, -0.25) is 0 Å². The van der Waals surface area contributed by atoms with Crippen molar-refractivity contribution in [2.75, 3.05) is 23.7 Å². The summed E-state index contributed by atoms with van der Waals surface area (Å²) in [5, 5.41) is 14.6. The molecule has 0 bridgehead atoms. The van der Waals surface area contributed by atoms with Crippen LogP contribution in [0.5, 0.6) is 0 Å². The first-order valence-corrected chi connectivity index (χ1v) is 6.34. The van der Waals surface area contributed by atoms with Crippen molar-refractivity contribution in [3.63, 3.8) is 0 Å². The highest BCUT2D eigenvalue weighted by molar-refractivity contribution is 5.59. The number of aliphatic hydroxyl groups is 1. The van der Waals surface area contributed by atoms with E-state index in [2.05, 4.69) is 20.6 Å². The molecule has 0 aliphatic rings. The number of aromatic nitrogens is 2. The van der Waals surface area contributed by atoms with Crippen molar-refractivity contribution in [2.24, 2.45) is 0 Å². The molecule has 0 saturated carbocycles. The lowest BCUT2D eigenvalue weighted by Gasteiger charge is -2.19. The summed E-state index contributed by atoms with van der Waals surface area (Å²) < 4.78 is 36.8. The van der Waals surface area contributed by atoms with Crippen LogP contribution < -0.4 is 10.6 Å². The minimum atomic E-state index is -4.65. The molecule has 1 unspecified atom stereocenters. The molecule has 3 N–H and O–H groups in total. The zero-order chi connectivity index (χ0) is 15.3. The predicted molar refractivity (Wildman–Crippen MR) is 70.8 cm³/mol. The number of aliphatic hydroxyl groups excluding tert-OH is 1. The van der Waals surface area contributed by atoms with E-state index < -0.39 is 18.8 Å². The van der Waals surface area contributed by atoms with Gasteiger partial charge in [-0.1, -0.05) is 13.8 Å². The molecule has 1 atom stereocenters. The first kappa shape index (κ1) is 16.5. The Kier molecular flexibility index (Phi) is 5.55. The normalized spacial score (nSPS) is 13.4. The molecule has 20 heavy (non-hydrogen) atoms. The standard InChI is InChI=1S/C12H19F3N4O/c1-4-16-10-9(7(2)3)11(19-6-18-10)17-5-8(20)12(13,14)15/h6-8,20H,4-5H2,1-3H3,(H2,16,17,18,19). The van der Waals surface area contributed by atoms with Gasteiger partial charge in [0, 0.05) is 12.1 Å². The largest absolute Gasteiger partial charge is 0.416 e. The van der Waals surface area contributed by atoms with Crippen LogP contribution in [0.15, 0.2) is 6.33 Å². The van der Waals surface area contributed by atoms with E-state index in [1.54, 1.807) is 0 Å². The molecule has 1 aromatic rings. The molecule has 1 aromatic heterocycles. The van der Waals surface area contributed by atoms with Crippen molar-refractivity contribution in [1.82, 2.24) is 9.97 Å². The summed E-state index contributed by atoms with van der Waals surface area (Å²) in [5.74, 6) is 0.909. The smallest absolute Gasteiger partial charge is 0.382 e. The van der Waals surface area contributed by atoms with E-state index in [9.17, 15) is 13.2 Å².